The lowest BCUT2D eigenvalue weighted by Crippen LogP contribution is -2.33. The van der Waals surface area contributed by atoms with Gasteiger partial charge >= 0.3 is 0 Å². The standard InChI is InChI=1S/C8H16NOS/c10-6-2-1-3-9-4-7-11-8-5-9/h1-8H2. The molecule has 0 saturated carbocycles. The van der Waals surface area contributed by atoms with Crippen LogP contribution in [0.25, 0.3) is 0 Å². The van der Waals surface area contributed by atoms with Crippen LogP contribution in [0.4, 0.5) is 0 Å². The van der Waals surface area contributed by atoms with Crippen molar-refractivity contribution >= 4 is 11.8 Å². The van der Waals surface area contributed by atoms with Gasteiger partial charge in [0.15, 0.2) is 0 Å². The van der Waals surface area contributed by atoms with Crippen LogP contribution >= 0.6 is 11.8 Å². The summed E-state index contributed by atoms with van der Waals surface area (Å²) < 4.78 is 0. The highest BCUT2D eigenvalue weighted by Gasteiger charge is 2.08. The van der Waals surface area contributed by atoms with Crippen LogP contribution in [-0.4, -0.2) is 42.6 Å². The fourth-order valence-electron chi connectivity index (χ4n) is 1.26. The zero-order valence-electron chi connectivity index (χ0n) is 6.92. The summed E-state index contributed by atoms with van der Waals surface area (Å²) in [5.74, 6) is 2.55. The van der Waals surface area contributed by atoms with Gasteiger partial charge in [-0.2, -0.15) is 11.8 Å². The lowest BCUT2D eigenvalue weighted by atomic mass is 10.3. The molecule has 1 fully saturated rings. The van der Waals surface area contributed by atoms with Gasteiger partial charge in [0.2, 0.25) is 0 Å². The average molecular weight is 174 g/mol. The molecule has 1 heterocycles. The first-order chi connectivity index (χ1) is 5.43. The van der Waals surface area contributed by atoms with E-state index in [1.807, 2.05) is 11.8 Å². The topological polar surface area (TPSA) is 23.1 Å². The molecule has 0 aliphatic carbocycles. The molecule has 1 rings (SSSR count). The predicted octanol–water partition coefficient (Wildman–Crippen LogP) is 1.25. The van der Waals surface area contributed by atoms with Crippen LogP contribution in [0.2, 0.25) is 0 Å². The van der Waals surface area contributed by atoms with Crippen LogP contribution in [0, 0.1) is 0 Å². The van der Waals surface area contributed by atoms with E-state index in [1.165, 1.54) is 24.6 Å². The first-order valence-electron chi connectivity index (χ1n) is 4.31. The molecule has 0 N–H and O–H groups in total. The molecule has 0 aromatic rings. The summed E-state index contributed by atoms with van der Waals surface area (Å²) in [6.07, 6.45) is 1.94. The molecular weight excluding hydrogens is 158 g/mol. The lowest BCUT2D eigenvalue weighted by molar-refractivity contribution is 0.179. The van der Waals surface area contributed by atoms with Gasteiger partial charge in [0, 0.05) is 24.6 Å². The summed E-state index contributed by atoms with van der Waals surface area (Å²) in [7, 11) is 0. The Kier molecular flexibility index (Phi) is 4.99. The molecule has 65 valence electrons. The number of hydrogen-bond donors (Lipinski definition) is 0. The van der Waals surface area contributed by atoms with Crippen molar-refractivity contribution in [2.45, 2.75) is 12.8 Å². The third kappa shape index (κ3) is 3.99. The Hall–Kier alpha value is 0.270. The second kappa shape index (κ2) is 5.86. The van der Waals surface area contributed by atoms with Crippen molar-refractivity contribution in [1.82, 2.24) is 4.90 Å². The molecule has 2 nitrogen and oxygen atoms in total. The maximum absolute atomic E-state index is 10.1. The van der Waals surface area contributed by atoms with E-state index in [1.54, 1.807) is 0 Å². The molecule has 0 atom stereocenters. The third-order valence-corrected chi connectivity index (χ3v) is 2.91. The summed E-state index contributed by atoms with van der Waals surface area (Å²) in [5, 5.41) is 10.1. The monoisotopic (exact) mass is 174 g/mol. The van der Waals surface area contributed by atoms with E-state index in [9.17, 15) is 5.11 Å². The van der Waals surface area contributed by atoms with Gasteiger partial charge in [0.25, 0.3) is 0 Å². The number of thioether (sulfide) groups is 1. The molecule has 0 spiro atoms. The van der Waals surface area contributed by atoms with Crippen molar-refractivity contribution in [3.8, 4) is 0 Å². The van der Waals surface area contributed by atoms with Gasteiger partial charge in [-0.3, -0.25) is 0 Å². The zero-order chi connectivity index (χ0) is 7.94. The second-order valence-corrected chi connectivity index (χ2v) is 4.09. The van der Waals surface area contributed by atoms with Crippen molar-refractivity contribution in [2.24, 2.45) is 0 Å². The minimum atomic E-state index is 0.0998. The number of unbranched alkanes of at least 4 members (excludes halogenated alkanes) is 1. The van der Waals surface area contributed by atoms with Crippen LogP contribution in [-0.2, 0) is 5.11 Å². The smallest absolute Gasteiger partial charge is 0.0822 e. The SMILES string of the molecule is [O]CCCCN1CCSCC1. The summed E-state index contributed by atoms with van der Waals surface area (Å²) in [4.78, 5) is 2.46. The largest absolute Gasteiger partial charge is 0.302 e. The molecule has 0 aromatic carbocycles. The van der Waals surface area contributed by atoms with Gasteiger partial charge in [0.1, 0.15) is 0 Å². The Morgan fingerprint density at radius 2 is 1.91 bits per heavy atom. The first kappa shape index (κ1) is 9.36. The quantitative estimate of drug-likeness (QED) is 0.599. The fraction of sp³-hybridized carbons (Fsp3) is 1.00. The highest BCUT2D eigenvalue weighted by molar-refractivity contribution is 7.99. The molecule has 1 saturated heterocycles. The van der Waals surface area contributed by atoms with Gasteiger partial charge in [-0.1, -0.05) is 0 Å². The van der Waals surface area contributed by atoms with Crippen LogP contribution < -0.4 is 0 Å². The summed E-state index contributed by atoms with van der Waals surface area (Å²) >= 11 is 2.03. The Morgan fingerprint density at radius 3 is 2.55 bits per heavy atom. The molecule has 0 bridgehead atoms. The molecule has 11 heavy (non-hydrogen) atoms. The number of hydrogen-bond acceptors (Lipinski definition) is 2. The number of nitrogens with zero attached hydrogens (tertiary/aromatic N) is 1. The summed E-state index contributed by atoms with van der Waals surface area (Å²) in [5.41, 5.74) is 0. The maximum atomic E-state index is 10.1. The molecule has 1 aliphatic heterocycles. The van der Waals surface area contributed by atoms with Crippen molar-refractivity contribution in [1.29, 1.82) is 0 Å². The molecular formula is C8H16NOS. The number of rotatable bonds is 4. The summed E-state index contributed by atoms with van der Waals surface area (Å²) in [6.45, 7) is 3.69. The average Bonchev–Trinajstić information content (AvgIpc) is 2.07. The van der Waals surface area contributed by atoms with Crippen LogP contribution in [0.5, 0.6) is 0 Å². The zero-order valence-corrected chi connectivity index (χ0v) is 7.74. The van der Waals surface area contributed by atoms with Gasteiger partial charge in [-0.25, -0.2) is 5.11 Å². The molecule has 1 radical (unpaired) electrons. The van der Waals surface area contributed by atoms with Crippen LogP contribution in [0.3, 0.4) is 0 Å². The predicted molar refractivity (Wildman–Crippen MR) is 48.6 cm³/mol. The van der Waals surface area contributed by atoms with E-state index in [2.05, 4.69) is 4.90 Å². The molecule has 0 unspecified atom stereocenters. The van der Waals surface area contributed by atoms with E-state index in [0.29, 0.717) is 0 Å². The molecule has 0 amide bonds. The lowest BCUT2D eigenvalue weighted by Gasteiger charge is -2.25. The van der Waals surface area contributed by atoms with Crippen molar-refractivity contribution in [3.63, 3.8) is 0 Å². The van der Waals surface area contributed by atoms with Crippen molar-refractivity contribution in [2.75, 3.05) is 37.7 Å². The van der Waals surface area contributed by atoms with E-state index in [-0.39, 0.29) is 6.61 Å². The van der Waals surface area contributed by atoms with Gasteiger partial charge < -0.3 is 4.90 Å². The normalized spacial score (nSPS) is 20.5. The first-order valence-corrected chi connectivity index (χ1v) is 5.47. The molecule has 0 aromatic heterocycles. The minimum Gasteiger partial charge on any atom is -0.302 e. The van der Waals surface area contributed by atoms with E-state index in [4.69, 9.17) is 0 Å². The fourth-order valence-corrected chi connectivity index (χ4v) is 2.24. The Morgan fingerprint density at radius 1 is 1.18 bits per heavy atom. The van der Waals surface area contributed by atoms with Gasteiger partial charge in [0.05, 0.1) is 6.61 Å². The summed E-state index contributed by atoms with van der Waals surface area (Å²) in [6, 6.07) is 0. The van der Waals surface area contributed by atoms with Crippen LogP contribution in [0.1, 0.15) is 12.8 Å². The van der Waals surface area contributed by atoms with Crippen LogP contribution in [0.15, 0.2) is 0 Å². The Balaban J connectivity index is 1.96. The third-order valence-electron chi connectivity index (χ3n) is 1.97. The maximum Gasteiger partial charge on any atom is 0.0822 e. The molecule has 3 heteroatoms. The van der Waals surface area contributed by atoms with E-state index < -0.39 is 0 Å². The highest BCUT2D eigenvalue weighted by Crippen LogP contribution is 2.09. The van der Waals surface area contributed by atoms with E-state index in [0.717, 1.165) is 19.4 Å². The molecule has 1 aliphatic rings. The van der Waals surface area contributed by atoms with Gasteiger partial charge in [-0.05, 0) is 19.4 Å². The van der Waals surface area contributed by atoms with E-state index >= 15 is 0 Å². The highest BCUT2D eigenvalue weighted by atomic mass is 32.2. The Labute approximate surface area is 73.0 Å². The second-order valence-electron chi connectivity index (χ2n) is 2.87. The minimum absolute atomic E-state index is 0.0998. The van der Waals surface area contributed by atoms with Gasteiger partial charge in [-0.15, -0.1) is 0 Å². The van der Waals surface area contributed by atoms with Crippen molar-refractivity contribution < 1.29 is 5.11 Å². The Bertz CT molecular complexity index is 94.1. The van der Waals surface area contributed by atoms with Crippen molar-refractivity contribution in [3.05, 3.63) is 0 Å².